The number of hydrogen-bond acceptors (Lipinski definition) is 4. The Morgan fingerprint density at radius 3 is 2.57 bits per heavy atom. The summed E-state index contributed by atoms with van der Waals surface area (Å²) in [6.07, 6.45) is 2.63. The molecule has 5 heteroatoms. The fourth-order valence-corrected chi connectivity index (χ4v) is 3.85. The van der Waals surface area contributed by atoms with Crippen LogP contribution in [0.4, 0.5) is 0 Å². The number of benzene rings is 2. The van der Waals surface area contributed by atoms with Crippen molar-refractivity contribution in [1.82, 2.24) is 19.7 Å². The number of hydrogen-bond donors (Lipinski definition) is 0. The summed E-state index contributed by atoms with van der Waals surface area (Å²) in [4.78, 5) is 2.49. The quantitative estimate of drug-likeness (QED) is 0.538. The van der Waals surface area contributed by atoms with Crippen LogP contribution in [0.5, 0.6) is 0 Å². The molecule has 2 aromatic heterocycles. The first-order valence-corrected chi connectivity index (χ1v) is 9.69. The van der Waals surface area contributed by atoms with Crippen molar-refractivity contribution in [2.24, 2.45) is 0 Å². The van der Waals surface area contributed by atoms with Gasteiger partial charge in [0, 0.05) is 43.7 Å². The highest BCUT2D eigenvalue weighted by Crippen LogP contribution is 2.23. The molecular weight excluding hydrogens is 348 g/mol. The summed E-state index contributed by atoms with van der Waals surface area (Å²) in [6.45, 7) is 3.80. The largest absolute Gasteiger partial charge is 0.464 e. The molecular formula is C23H22N4O. The van der Waals surface area contributed by atoms with Gasteiger partial charge in [-0.3, -0.25) is 4.90 Å². The van der Waals surface area contributed by atoms with Crippen LogP contribution in [-0.4, -0.2) is 32.8 Å². The van der Waals surface area contributed by atoms with Crippen molar-refractivity contribution in [3.63, 3.8) is 0 Å². The Bertz CT molecular complexity index is 1050. The summed E-state index contributed by atoms with van der Waals surface area (Å²) in [5, 5.41) is 8.90. The van der Waals surface area contributed by atoms with Crippen molar-refractivity contribution < 1.29 is 4.42 Å². The van der Waals surface area contributed by atoms with E-state index in [0.717, 1.165) is 61.1 Å². The molecule has 4 aromatic rings. The first kappa shape index (κ1) is 17.0. The lowest BCUT2D eigenvalue weighted by molar-refractivity contribution is 0.271. The Morgan fingerprint density at radius 2 is 1.71 bits per heavy atom. The van der Waals surface area contributed by atoms with Crippen molar-refractivity contribution in [3.05, 3.63) is 84.4 Å². The molecule has 5 nitrogen and oxygen atoms in total. The summed E-state index contributed by atoms with van der Waals surface area (Å²) in [7, 11) is 0. The molecule has 0 saturated carbocycles. The van der Waals surface area contributed by atoms with Crippen LogP contribution < -0.4 is 0 Å². The Hall–Kier alpha value is -3.18. The van der Waals surface area contributed by atoms with Crippen molar-refractivity contribution in [2.45, 2.75) is 19.5 Å². The van der Waals surface area contributed by atoms with E-state index in [4.69, 9.17) is 4.42 Å². The molecule has 2 aromatic carbocycles. The van der Waals surface area contributed by atoms with Crippen LogP contribution in [0.15, 0.2) is 77.4 Å². The van der Waals surface area contributed by atoms with Gasteiger partial charge in [0.1, 0.15) is 11.6 Å². The van der Waals surface area contributed by atoms with E-state index in [2.05, 4.69) is 56.1 Å². The average molecular weight is 370 g/mol. The van der Waals surface area contributed by atoms with Gasteiger partial charge in [0.05, 0.1) is 6.26 Å². The van der Waals surface area contributed by atoms with Gasteiger partial charge < -0.3 is 8.98 Å². The predicted molar refractivity (Wildman–Crippen MR) is 109 cm³/mol. The van der Waals surface area contributed by atoms with Gasteiger partial charge in [0.25, 0.3) is 0 Å². The van der Waals surface area contributed by atoms with E-state index in [1.807, 2.05) is 30.3 Å². The normalized spacial score (nSPS) is 14.6. The lowest BCUT2D eigenvalue weighted by Crippen LogP contribution is -2.26. The van der Waals surface area contributed by atoms with Crippen molar-refractivity contribution >= 4 is 0 Å². The zero-order valence-corrected chi connectivity index (χ0v) is 15.7. The number of nitrogens with zero attached hydrogens (tertiary/aromatic N) is 4. The minimum absolute atomic E-state index is 0.907. The zero-order chi connectivity index (χ0) is 18.8. The maximum atomic E-state index is 5.54. The van der Waals surface area contributed by atoms with E-state index in [1.165, 1.54) is 5.56 Å². The first-order valence-electron chi connectivity index (χ1n) is 9.69. The number of fused-ring (bicyclic) bond motifs is 1. The van der Waals surface area contributed by atoms with Gasteiger partial charge in [0.15, 0.2) is 5.82 Å². The van der Waals surface area contributed by atoms with Gasteiger partial charge in [-0.2, -0.15) is 0 Å². The van der Waals surface area contributed by atoms with E-state index in [9.17, 15) is 0 Å². The van der Waals surface area contributed by atoms with Crippen molar-refractivity contribution in [1.29, 1.82) is 0 Å². The van der Waals surface area contributed by atoms with E-state index in [-0.39, 0.29) is 0 Å². The molecule has 0 atom stereocenters. The first-order chi connectivity index (χ1) is 13.9. The highest BCUT2D eigenvalue weighted by Gasteiger charge is 2.19. The Kier molecular flexibility index (Phi) is 4.51. The summed E-state index contributed by atoms with van der Waals surface area (Å²) in [5.41, 5.74) is 3.55. The summed E-state index contributed by atoms with van der Waals surface area (Å²) in [5.74, 6) is 2.96. The molecule has 5 rings (SSSR count). The topological polar surface area (TPSA) is 47.1 Å². The third-order valence-corrected chi connectivity index (χ3v) is 5.29. The average Bonchev–Trinajstić information content (AvgIpc) is 3.38. The molecule has 1 aliphatic rings. The molecule has 0 radical (unpaired) electrons. The Morgan fingerprint density at radius 1 is 0.821 bits per heavy atom. The molecule has 140 valence electrons. The highest BCUT2D eigenvalue weighted by atomic mass is 16.3. The summed E-state index contributed by atoms with van der Waals surface area (Å²) < 4.78 is 7.81. The van der Waals surface area contributed by atoms with E-state index >= 15 is 0 Å². The van der Waals surface area contributed by atoms with E-state index in [0.29, 0.717) is 0 Å². The Balaban J connectivity index is 1.32. The molecule has 0 saturated heterocycles. The predicted octanol–water partition coefficient (Wildman–Crippen LogP) is 4.26. The molecule has 0 unspecified atom stereocenters. The number of rotatable bonds is 4. The molecule has 0 bridgehead atoms. The van der Waals surface area contributed by atoms with Crippen LogP contribution in [-0.2, 0) is 19.5 Å². The van der Waals surface area contributed by atoms with Gasteiger partial charge in [-0.1, -0.05) is 48.5 Å². The molecule has 1 aliphatic heterocycles. The zero-order valence-electron chi connectivity index (χ0n) is 15.7. The van der Waals surface area contributed by atoms with Crippen LogP contribution in [0.3, 0.4) is 0 Å². The highest BCUT2D eigenvalue weighted by molar-refractivity contribution is 5.58. The molecule has 0 spiro atoms. The second kappa shape index (κ2) is 7.44. The smallest absolute Gasteiger partial charge is 0.164 e. The molecule has 3 heterocycles. The lowest BCUT2D eigenvalue weighted by atomic mass is 10.1. The second-order valence-corrected chi connectivity index (χ2v) is 7.16. The second-order valence-electron chi connectivity index (χ2n) is 7.16. The summed E-state index contributed by atoms with van der Waals surface area (Å²) >= 11 is 0. The Labute approximate surface area is 164 Å². The maximum absolute atomic E-state index is 5.54. The van der Waals surface area contributed by atoms with Crippen LogP contribution in [0, 0.1) is 0 Å². The summed E-state index contributed by atoms with van der Waals surface area (Å²) in [6, 6.07) is 22.9. The van der Waals surface area contributed by atoms with Crippen LogP contribution in [0.1, 0.15) is 11.4 Å². The van der Waals surface area contributed by atoms with Crippen LogP contribution in [0.2, 0.25) is 0 Å². The minimum atomic E-state index is 0.907. The monoisotopic (exact) mass is 370 g/mol. The molecule has 0 fully saturated rings. The molecule has 0 N–H and O–H groups in total. The molecule has 0 aliphatic carbocycles. The maximum Gasteiger partial charge on any atom is 0.164 e. The SMILES string of the molecule is c1ccc(-c2nnc3n2CCN(Cc2cccc(-c4ccco4)c2)CC3)cc1. The van der Waals surface area contributed by atoms with Crippen molar-refractivity contribution in [2.75, 3.05) is 13.1 Å². The van der Waals surface area contributed by atoms with E-state index < -0.39 is 0 Å². The van der Waals surface area contributed by atoms with Crippen LogP contribution >= 0.6 is 0 Å². The fourth-order valence-electron chi connectivity index (χ4n) is 3.85. The van der Waals surface area contributed by atoms with Gasteiger partial charge in [0.2, 0.25) is 0 Å². The van der Waals surface area contributed by atoms with Gasteiger partial charge in [-0.25, -0.2) is 0 Å². The number of furan rings is 1. The van der Waals surface area contributed by atoms with E-state index in [1.54, 1.807) is 6.26 Å². The van der Waals surface area contributed by atoms with Gasteiger partial charge >= 0.3 is 0 Å². The fraction of sp³-hybridized carbons (Fsp3) is 0.217. The molecule has 28 heavy (non-hydrogen) atoms. The van der Waals surface area contributed by atoms with Gasteiger partial charge in [-0.05, 0) is 23.8 Å². The lowest BCUT2D eigenvalue weighted by Gasteiger charge is -2.20. The third kappa shape index (κ3) is 3.37. The third-order valence-electron chi connectivity index (χ3n) is 5.29. The van der Waals surface area contributed by atoms with Crippen molar-refractivity contribution in [3.8, 4) is 22.7 Å². The van der Waals surface area contributed by atoms with Crippen LogP contribution in [0.25, 0.3) is 22.7 Å². The molecule has 0 amide bonds. The standard InChI is InChI=1S/C23H22N4O/c1-2-7-19(8-3-1)23-25-24-22-11-12-26(13-14-27(22)23)17-18-6-4-9-20(16-18)21-10-5-15-28-21/h1-10,15-16H,11-14,17H2. The van der Waals surface area contributed by atoms with Gasteiger partial charge in [-0.15, -0.1) is 10.2 Å². The number of aromatic nitrogens is 3. The minimum Gasteiger partial charge on any atom is -0.464 e.